The van der Waals surface area contributed by atoms with Crippen molar-refractivity contribution < 1.29 is 14.3 Å². The Balaban J connectivity index is 1.82. The van der Waals surface area contributed by atoms with Gasteiger partial charge in [-0.25, -0.2) is 4.79 Å². The molecule has 1 unspecified atom stereocenters. The van der Waals surface area contributed by atoms with Gasteiger partial charge in [0.05, 0.1) is 13.2 Å². The second kappa shape index (κ2) is 10.3. The number of aryl methyl sites for hydroxylation is 1. The molecule has 1 fully saturated rings. The minimum atomic E-state index is 0.0203. The Morgan fingerprint density at radius 1 is 1.36 bits per heavy atom. The minimum absolute atomic E-state index is 0.0203. The van der Waals surface area contributed by atoms with Gasteiger partial charge in [0.1, 0.15) is 5.75 Å². The van der Waals surface area contributed by atoms with E-state index in [-0.39, 0.29) is 6.03 Å². The number of benzene rings is 1. The first-order valence-corrected chi connectivity index (χ1v) is 9.46. The number of urea groups is 1. The lowest BCUT2D eigenvalue weighted by Crippen LogP contribution is -2.46. The third-order valence-electron chi connectivity index (χ3n) is 4.58. The summed E-state index contributed by atoms with van der Waals surface area (Å²) >= 11 is 0. The van der Waals surface area contributed by atoms with Crippen LogP contribution >= 0.6 is 0 Å². The highest BCUT2D eigenvalue weighted by atomic mass is 16.5. The molecule has 1 N–H and O–H groups in total. The van der Waals surface area contributed by atoms with Crippen molar-refractivity contribution in [1.82, 2.24) is 10.2 Å². The maximum Gasteiger partial charge on any atom is 0.317 e. The highest BCUT2D eigenvalue weighted by Gasteiger charge is 2.23. The Hall–Kier alpha value is -1.75. The van der Waals surface area contributed by atoms with Gasteiger partial charge in [0.2, 0.25) is 0 Å². The number of rotatable bonds is 8. The van der Waals surface area contributed by atoms with Crippen LogP contribution < -0.4 is 10.1 Å². The molecule has 0 spiro atoms. The smallest absolute Gasteiger partial charge is 0.317 e. The van der Waals surface area contributed by atoms with Gasteiger partial charge in [-0.05, 0) is 56.4 Å². The largest absolute Gasteiger partial charge is 0.494 e. The Morgan fingerprint density at radius 2 is 2.20 bits per heavy atom. The van der Waals surface area contributed by atoms with E-state index < -0.39 is 0 Å². The summed E-state index contributed by atoms with van der Waals surface area (Å²) in [7, 11) is 0. The molecular weight excluding hydrogens is 316 g/mol. The number of piperidine rings is 1. The Labute approximate surface area is 151 Å². The molecule has 2 rings (SSSR count). The highest BCUT2D eigenvalue weighted by Crippen LogP contribution is 2.19. The summed E-state index contributed by atoms with van der Waals surface area (Å²) in [5.41, 5.74) is 2.27. The maximum absolute atomic E-state index is 12.5. The van der Waals surface area contributed by atoms with Gasteiger partial charge >= 0.3 is 6.03 Å². The number of ether oxygens (including phenoxy) is 2. The average molecular weight is 348 g/mol. The lowest BCUT2D eigenvalue weighted by atomic mass is 9.99. The zero-order valence-electron chi connectivity index (χ0n) is 15.8. The zero-order valence-corrected chi connectivity index (χ0v) is 15.8. The van der Waals surface area contributed by atoms with Crippen LogP contribution in [0.2, 0.25) is 0 Å². The van der Waals surface area contributed by atoms with Gasteiger partial charge in [0.25, 0.3) is 0 Å². The first-order valence-electron chi connectivity index (χ1n) is 9.46. The fourth-order valence-electron chi connectivity index (χ4n) is 3.13. The molecule has 1 aliphatic heterocycles. The van der Waals surface area contributed by atoms with Gasteiger partial charge in [0, 0.05) is 32.2 Å². The Bertz CT molecular complexity index is 548. The van der Waals surface area contributed by atoms with Crippen LogP contribution in [0, 0.1) is 12.8 Å². The molecule has 0 aliphatic carbocycles. The van der Waals surface area contributed by atoms with Crippen molar-refractivity contribution in [1.29, 1.82) is 0 Å². The minimum Gasteiger partial charge on any atom is -0.494 e. The van der Waals surface area contributed by atoms with Gasteiger partial charge in [-0.1, -0.05) is 13.0 Å². The van der Waals surface area contributed by atoms with E-state index in [0.717, 1.165) is 69.0 Å². The lowest BCUT2D eigenvalue weighted by Gasteiger charge is -2.32. The van der Waals surface area contributed by atoms with Gasteiger partial charge in [-0.3, -0.25) is 0 Å². The van der Waals surface area contributed by atoms with Crippen molar-refractivity contribution in [2.75, 3.05) is 32.9 Å². The normalized spacial score (nSPS) is 17.4. The van der Waals surface area contributed by atoms with E-state index in [1.807, 2.05) is 30.0 Å². The van der Waals surface area contributed by atoms with Crippen LogP contribution in [0.3, 0.4) is 0 Å². The molecule has 5 nitrogen and oxygen atoms in total. The van der Waals surface area contributed by atoms with Crippen LogP contribution in [-0.2, 0) is 11.3 Å². The number of nitrogens with zero attached hydrogens (tertiary/aromatic N) is 1. The van der Waals surface area contributed by atoms with Crippen LogP contribution in [0.4, 0.5) is 4.79 Å². The Kier molecular flexibility index (Phi) is 8.06. The molecule has 1 aromatic rings. The van der Waals surface area contributed by atoms with Crippen molar-refractivity contribution in [3.8, 4) is 5.75 Å². The molecule has 1 atom stereocenters. The molecule has 0 radical (unpaired) electrons. The first-order chi connectivity index (χ1) is 12.1. The standard InChI is InChI=1S/C20H32N2O3/c1-4-11-25-19-9-8-18(16(3)12-19)13-21-20(23)22-10-6-7-17(14-22)15-24-5-2/h8-9,12,17H,4-7,10-11,13-15H2,1-3H3,(H,21,23). The number of carbonyl (C=O) groups is 1. The molecule has 1 saturated heterocycles. The van der Waals surface area contributed by atoms with Crippen molar-refractivity contribution >= 4 is 6.03 Å². The van der Waals surface area contributed by atoms with Crippen molar-refractivity contribution in [2.24, 2.45) is 5.92 Å². The molecule has 1 aromatic carbocycles. The lowest BCUT2D eigenvalue weighted by molar-refractivity contribution is 0.0756. The third-order valence-corrected chi connectivity index (χ3v) is 4.58. The predicted molar refractivity (Wildman–Crippen MR) is 100.0 cm³/mol. The molecule has 1 aliphatic rings. The quantitative estimate of drug-likeness (QED) is 0.778. The van der Waals surface area contributed by atoms with Gasteiger partial charge in [-0.15, -0.1) is 0 Å². The van der Waals surface area contributed by atoms with E-state index in [1.165, 1.54) is 0 Å². The molecule has 5 heteroatoms. The summed E-state index contributed by atoms with van der Waals surface area (Å²) in [5.74, 6) is 1.35. The molecule has 25 heavy (non-hydrogen) atoms. The van der Waals surface area contributed by atoms with Gasteiger partial charge in [-0.2, -0.15) is 0 Å². The van der Waals surface area contributed by atoms with E-state index >= 15 is 0 Å². The van der Waals surface area contributed by atoms with E-state index in [0.29, 0.717) is 12.5 Å². The van der Waals surface area contributed by atoms with Gasteiger partial charge in [0.15, 0.2) is 0 Å². The molecule has 1 heterocycles. The van der Waals surface area contributed by atoms with E-state index in [4.69, 9.17) is 9.47 Å². The third kappa shape index (κ3) is 6.24. The van der Waals surface area contributed by atoms with Crippen LogP contribution in [-0.4, -0.2) is 43.8 Å². The molecule has 140 valence electrons. The summed E-state index contributed by atoms with van der Waals surface area (Å²) in [5, 5.41) is 3.05. The zero-order chi connectivity index (χ0) is 18.1. The van der Waals surface area contributed by atoms with Crippen molar-refractivity contribution in [3.05, 3.63) is 29.3 Å². The summed E-state index contributed by atoms with van der Waals surface area (Å²) < 4.78 is 11.2. The summed E-state index contributed by atoms with van der Waals surface area (Å²) in [6.07, 6.45) is 3.19. The fourth-order valence-corrected chi connectivity index (χ4v) is 3.13. The van der Waals surface area contributed by atoms with Crippen molar-refractivity contribution in [3.63, 3.8) is 0 Å². The maximum atomic E-state index is 12.5. The van der Waals surface area contributed by atoms with Crippen LogP contribution in [0.15, 0.2) is 18.2 Å². The van der Waals surface area contributed by atoms with E-state index in [1.54, 1.807) is 0 Å². The summed E-state index contributed by atoms with van der Waals surface area (Å²) in [4.78, 5) is 14.4. The Morgan fingerprint density at radius 3 is 2.92 bits per heavy atom. The molecule has 2 amide bonds. The topological polar surface area (TPSA) is 50.8 Å². The number of likely N-dealkylation sites (tertiary alicyclic amines) is 1. The second-order valence-corrected chi connectivity index (χ2v) is 6.71. The van der Waals surface area contributed by atoms with Crippen LogP contribution in [0.25, 0.3) is 0 Å². The number of amides is 2. The van der Waals surface area contributed by atoms with Crippen LogP contribution in [0.1, 0.15) is 44.2 Å². The van der Waals surface area contributed by atoms with Crippen LogP contribution in [0.5, 0.6) is 5.75 Å². The van der Waals surface area contributed by atoms with Crippen molar-refractivity contribution in [2.45, 2.75) is 46.6 Å². The summed E-state index contributed by atoms with van der Waals surface area (Å²) in [6.45, 7) is 10.5. The second-order valence-electron chi connectivity index (χ2n) is 6.71. The van der Waals surface area contributed by atoms with Gasteiger partial charge < -0.3 is 19.7 Å². The molecule has 0 saturated carbocycles. The molecule has 0 aromatic heterocycles. The predicted octanol–water partition coefficient (Wildman–Crippen LogP) is 3.74. The number of carbonyl (C=O) groups excluding carboxylic acids is 1. The van der Waals surface area contributed by atoms with E-state index in [9.17, 15) is 4.79 Å². The number of hydrogen-bond donors (Lipinski definition) is 1. The average Bonchev–Trinajstić information content (AvgIpc) is 2.64. The highest BCUT2D eigenvalue weighted by molar-refractivity contribution is 5.74. The number of hydrogen-bond acceptors (Lipinski definition) is 3. The van der Waals surface area contributed by atoms with E-state index in [2.05, 4.69) is 19.2 Å². The molecular formula is C20H32N2O3. The SMILES string of the molecule is CCCOc1ccc(CNC(=O)N2CCCC(COCC)C2)c(C)c1. The number of nitrogens with one attached hydrogen (secondary N) is 1. The first kappa shape index (κ1) is 19.6. The monoisotopic (exact) mass is 348 g/mol. The molecule has 0 bridgehead atoms. The fraction of sp³-hybridized carbons (Fsp3) is 0.650. The summed E-state index contributed by atoms with van der Waals surface area (Å²) in [6, 6.07) is 6.07.